The molecule has 2 heterocycles. The molecule has 0 bridgehead atoms. The third-order valence-electron chi connectivity index (χ3n) is 2.88. The number of nitrogens with one attached hydrogen (secondary N) is 1. The first kappa shape index (κ1) is 13.0. The Balaban J connectivity index is 1.87. The van der Waals surface area contributed by atoms with Crippen LogP contribution in [0.25, 0.3) is 0 Å². The van der Waals surface area contributed by atoms with Gasteiger partial charge in [0.1, 0.15) is 0 Å². The molecule has 100 valence electrons. The van der Waals surface area contributed by atoms with Gasteiger partial charge in [-0.05, 0) is 6.92 Å². The van der Waals surface area contributed by atoms with Gasteiger partial charge in [0.2, 0.25) is 0 Å². The molecule has 1 atom stereocenters. The zero-order valence-electron chi connectivity index (χ0n) is 10.9. The van der Waals surface area contributed by atoms with Crippen molar-refractivity contribution in [3.63, 3.8) is 0 Å². The molecular formula is C12H20N4O2. The van der Waals surface area contributed by atoms with Gasteiger partial charge in [0.15, 0.2) is 5.82 Å². The van der Waals surface area contributed by atoms with Crippen LogP contribution in [0.3, 0.4) is 0 Å². The monoisotopic (exact) mass is 252 g/mol. The number of morpholine rings is 1. The quantitative estimate of drug-likeness (QED) is 0.829. The molecule has 1 aliphatic heterocycles. The molecule has 2 rings (SSSR count). The van der Waals surface area contributed by atoms with Crippen molar-refractivity contribution < 1.29 is 9.47 Å². The highest BCUT2D eigenvalue weighted by molar-refractivity contribution is 5.45. The van der Waals surface area contributed by atoms with Crippen LogP contribution < -0.4 is 10.1 Å². The highest BCUT2D eigenvalue weighted by atomic mass is 16.5. The van der Waals surface area contributed by atoms with Crippen molar-refractivity contribution in [1.82, 2.24) is 14.9 Å². The maximum Gasteiger partial charge on any atom is 0.257 e. The SMILES string of the molecule is COc1nccnc1N[C@@H](C)CN1CCOCC1. The summed E-state index contributed by atoms with van der Waals surface area (Å²) >= 11 is 0. The Kier molecular flexibility index (Phi) is 4.72. The van der Waals surface area contributed by atoms with Crippen LogP contribution in [0.2, 0.25) is 0 Å². The fourth-order valence-electron chi connectivity index (χ4n) is 2.02. The first-order chi connectivity index (χ1) is 8.79. The van der Waals surface area contributed by atoms with E-state index in [-0.39, 0.29) is 6.04 Å². The van der Waals surface area contributed by atoms with Crippen molar-refractivity contribution >= 4 is 5.82 Å². The Labute approximate surface area is 107 Å². The van der Waals surface area contributed by atoms with E-state index < -0.39 is 0 Å². The average Bonchev–Trinajstić information content (AvgIpc) is 2.40. The summed E-state index contributed by atoms with van der Waals surface area (Å²) in [6, 6.07) is 0.286. The topological polar surface area (TPSA) is 59.5 Å². The summed E-state index contributed by atoms with van der Waals surface area (Å²) in [6.45, 7) is 6.71. The molecule has 0 amide bonds. The second-order valence-corrected chi connectivity index (χ2v) is 4.37. The van der Waals surface area contributed by atoms with Crippen LogP contribution >= 0.6 is 0 Å². The fraction of sp³-hybridized carbons (Fsp3) is 0.667. The van der Waals surface area contributed by atoms with Gasteiger partial charge in [0, 0.05) is 38.1 Å². The molecule has 0 aliphatic carbocycles. The normalized spacial score (nSPS) is 18.3. The predicted molar refractivity (Wildman–Crippen MR) is 68.9 cm³/mol. The van der Waals surface area contributed by atoms with Crippen LogP contribution in [0.5, 0.6) is 5.88 Å². The molecule has 1 aliphatic rings. The van der Waals surface area contributed by atoms with Gasteiger partial charge in [0.25, 0.3) is 5.88 Å². The fourth-order valence-corrected chi connectivity index (χ4v) is 2.02. The third-order valence-corrected chi connectivity index (χ3v) is 2.88. The zero-order chi connectivity index (χ0) is 12.8. The van der Waals surface area contributed by atoms with E-state index in [1.165, 1.54) is 0 Å². The summed E-state index contributed by atoms with van der Waals surface area (Å²) in [4.78, 5) is 10.7. The molecule has 6 heteroatoms. The molecule has 0 spiro atoms. The molecule has 1 aromatic heterocycles. The molecule has 6 nitrogen and oxygen atoms in total. The molecule has 0 aromatic carbocycles. The lowest BCUT2D eigenvalue weighted by Gasteiger charge is -2.29. The number of rotatable bonds is 5. The van der Waals surface area contributed by atoms with E-state index >= 15 is 0 Å². The van der Waals surface area contributed by atoms with Gasteiger partial charge in [-0.25, -0.2) is 9.97 Å². The van der Waals surface area contributed by atoms with E-state index in [4.69, 9.17) is 9.47 Å². The van der Waals surface area contributed by atoms with E-state index in [2.05, 4.69) is 27.1 Å². The molecule has 0 unspecified atom stereocenters. The molecule has 1 fully saturated rings. The Morgan fingerprint density at radius 2 is 2.11 bits per heavy atom. The van der Waals surface area contributed by atoms with E-state index in [9.17, 15) is 0 Å². The third kappa shape index (κ3) is 3.54. The van der Waals surface area contributed by atoms with Crippen molar-refractivity contribution in [2.45, 2.75) is 13.0 Å². The van der Waals surface area contributed by atoms with Crippen molar-refractivity contribution in [2.24, 2.45) is 0 Å². The lowest BCUT2D eigenvalue weighted by molar-refractivity contribution is 0.0368. The van der Waals surface area contributed by atoms with Gasteiger partial charge in [-0.3, -0.25) is 4.90 Å². The molecule has 18 heavy (non-hydrogen) atoms. The van der Waals surface area contributed by atoms with Gasteiger partial charge in [-0.15, -0.1) is 0 Å². The number of anilines is 1. The number of aromatic nitrogens is 2. The van der Waals surface area contributed by atoms with Crippen molar-refractivity contribution in [1.29, 1.82) is 0 Å². The summed E-state index contributed by atoms with van der Waals surface area (Å²) in [6.07, 6.45) is 3.28. The first-order valence-electron chi connectivity index (χ1n) is 6.21. The van der Waals surface area contributed by atoms with E-state index in [0.29, 0.717) is 11.7 Å². The second-order valence-electron chi connectivity index (χ2n) is 4.37. The molecule has 1 aromatic rings. The summed E-state index contributed by atoms with van der Waals surface area (Å²) < 4.78 is 10.5. The maximum absolute atomic E-state index is 5.33. The number of hydrogen-bond donors (Lipinski definition) is 1. The Hall–Kier alpha value is -1.40. The van der Waals surface area contributed by atoms with Gasteiger partial charge < -0.3 is 14.8 Å². The number of nitrogens with zero attached hydrogens (tertiary/aromatic N) is 3. The van der Waals surface area contributed by atoms with Gasteiger partial charge >= 0.3 is 0 Å². The summed E-state index contributed by atoms with van der Waals surface area (Å²) in [5.74, 6) is 1.23. The van der Waals surface area contributed by atoms with Crippen molar-refractivity contribution in [2.75, 3.05) is 45.3 Å². The number of methoxy groups -OCH3 is 1. The van der Waals surface area contributed by atoms with Crippen LogP contribution in [0.1, 0.15) is 6.92 Å². The minimum atomic E-state index is 0.286. The van der Waals surface area contributed by atoms with E-state index in [1.807, 2.05) is 0 Å². The molecule has 1 N–H and O–H groups in total. The Morgan fingerprint density at radius 3 is 2.83 bits per heavy atom. The standard InChI is InChI=1S/C12H20N4O2/c1-10(9-16-5-7-18-8-6-16)15-11-12(17-2)14-4-3-13-11/h3-4,10H,5-9H2,1-2H3,(H,13,15)/t10-/m0/s1. The largest absolute Gasteiger partial charge is 0.478 e. The molecular weight excluding hydrogens is 232 g/mol. The van der Waals surface area contributed by atoms with Crippen LogP contribution in [0, 0.1) is 0 Å². The average molecular weight is 252 g/mol. The first-order valence-corrected chi connectivity index (χ1v) is 6.21. The minimum Gasteiger partial charge on any atom is -0.478 e. The van der Waals surface area contributed by atoms with Crippen LogP contribution in [-0.2, 0) is 4.74 Å². The van der Waals surface area contributed by atoms with Crippen LogP contribution in [0.15, 0.2) is 12.4 Å². The Morgan fingerprint density at radius 1 is 1.39 bits per heavy atom. The molecule has 1 saturated heterocycles. The number of ether oxygens (including phenoxy) is 2. The predicted octanol–water partition coefficient (Wildman–Crippen LogP) is 0.618. The smallest absolute Gasteiger partial charge is 0.257 e. The maximum atomic E-state index is 5.33. The zero-order valence-corrected chi connectivity index (χ0v) is 10.9. The molecule has 0 saturated carbocycles. The van der Waals surface area contributed by atoms with E-state index in [0.717, 1.165) is 32.8 Å². The van der Waals surface area contributed by atoms with Gasteiger partial charge in [0.05, 0.1) is 20.3 Å². The van der Waals surface area contributed by atoms with Crippen LogP contribution in [-0.4, -0.2) is 60.9 Å². The van der Waals surface area contributed by atoms with Crippen molar-refractivity contribution in [3.05, 3.63) is 12.4 Å². The Bertz CT molecular complexity index is 369. The lowest BCUT2D eigenvalue weighted by atomic mass is 10.3. The lowest BCUT2D eigenvalue weighted by Crippen LogP contribution is -2.42. The molecule has 0 radical (unpaired) electrons. The second kappa shape index (κ2) is 6.51. The van der Waals surface area contributed by atoms with Crippen LogP contribution in [0.4, 0.5) is 5.82 Å². The summed E-state index contributed by atoms with van der Waals surface area (Å²) in [5, 5.41) is 3.33. The van der Waals surface area contributed by atoms with Crippen molar-refractivity contribution in [3.8, 4) is 5.88 Å². The minimum absolute atomic E-state index is 0.286. The summed E-state index contributed by atoms with van der Waals surface area (Å²) in [7, 11) is 1.60. The highest BCUT2D eigenvalue weighted by Crippen LogP contribution is 2.17. The highest BCUT2D eigenvalue weighted by Gasteiger charge is 2.15. The van der Waals surface area contributed by atoms with Gasteiger partial charge in [-0.2, -0.15) is 0 Å². The van der Waals surface area contributed by atoms with Gasteiger partial charge in [-0.1, -0.05) is 0 Å². The summed E-state index contributed by atoms with van der Waals surface area (Å²) in [5.41, 5.74) is 0. The number of hydrogen-bond acceptors (Lipinski definition) is 6. The van der Waals surface area contributed by atoms with E-state index in [1.54, 1.807) is 19.5 Å².